The molecule has 0 atom stereocenters. The van der Waals surface area contributed by atoms with Gasteiger partial charge in [0.05, 0.1) is 13.1 Å². The van der Waals surface area contributed by atoms with Crippen molar-refractivity contribution in [3.63, 3.8) is 0 Å². The van der Waals surface area contributed by atoms with Gasteiger partial charge in [-0.05, 0) is 12.8 Å². The van der Waals surface area contributed by atoms with Crippen molar-refractivity contribution < 1.29 is 18.4 Å². The molecule has 0 unspecified atom stereocenters. The first-order chi connectivity index (χ1) is 7.42. The van der Waals surface area contributed by atoms with Crippen LogP contribution < -0.4 is 5.73 Å². The molecule has 94 valence electrons. The summed E-state index contributed by atoms with van der Waals surface area (Å²) >= 11 is 0. The number of halogens is 3. The van der Waals surface area contributed by atoms with Gasteiger partial charge in [0.2, 0.25) is 0 Å². The highest BCUT2D eigenvalue weighted by atomic mass is 19.4. The Morgan fingerprint density at radius 2 is 1.94 bits per heavy atom. The molecule has 0 saturated heterocycles. The van der Waals surface area contributed by atoms with Crippen molar-refractivity contribution >= 4 is 5.84 Å². The maximum atomic E-state index is 12.3. The summed E-state index contributed by atoms with van der Waals surface area (Å²) in [7, 11) is 0. The van der Waals surface area contributed by atoms with Crippen molar-refractivity contribution in [2.45, 2.75) is 37.9 Å². The number of rotatable bonds is 4. The van der Waals surface area contributed by atoms with Crippen LogP contribution in [0.3, 0.4) is 0 Å². The fraction of sp³-hybridized carbons (Fsp3) is 0.889. The van der Waals surface area contributed by atoms with Crippen LogP contribution in [0.15, 0.2) is 5.16 Å². The molecule has 7 heteroatoms. The predicted octanol–water partition coefficient (Wildman–Crippen LogP) is 1.54. The number of hydrogen-bond acceptors (Lipinski definition) is 3. The van der Waals surface area contributed by atoms with E-state index in [-0.39, 0.29) is 18.4 Å². The zero-order chi connectivity index (χ0) is 12.2. The van der Waals surface area contributed by atoms with Crippen molar-refractivity contribution in [1.82, 2.24) is 4.90 Å². The molecule has 0 aromatic heterocycles. The largest absolute Gasteiger partial charge is 0.409 e. The van der Waals surface area contributed by atoms with Crippen LogP contribution in [0.1, 0.15) is 25.7 Å². The van der Waals surface area contributed by atoms with Crippen LogP contribution in [0.2, 0.25) is 0 Å². The zero-order valence-electron chi connectivity index (χ0n) is 8.87. The molecule has 1 aliphatic carbocycles. The highest BCUT2D eigenvalue weighted by Gasteiger charge is 2.35. The fourth-order valence-electron chi connectivity index (χ4n) is 2.05. The smallest absolute Gasteiger partial charge is 0.401 e. The zero-order valence-corrected chi connectivity index (χ0v) is 8.87. The first-order valence-corrected chi connectivity index (χ1v) is 5.19. The number of nitrogens with zero attached hydrogens (tertiary/aromatic N) is 2. The summed E-state index contributed by atoms with van der Waals surface area (Å²) in [5.74, 6) is -0.184. The highest BCUT2D eigenvalue weighted by molar-refractivity contribution is 5.81. The van der Waals surface area contributed by atoms with Crippen LogP contribution in [0, 0.1) is 0 Å². The van der Waals surface area contributed by atoms with Gasteiger partial charge in [-0.25, -0.2) is 0 Å². The van der Waals surface area contributed by atoms with E-state index < -0.39 is 12.7 Å². The van der Waals surface area contributed by atoms with Crippen LogP contribution in [0.25, 0.3) is 0 Å². The second kappa shape index (κ2) is 5.38. The lowest BCUT2D eigenvalue weighted by Crippen LogP contribution is -2.45. The van der Waals surface area contributed by atoms with Crippen LogP contribution in [0.4, 0.5) is 13.2 Å². The van der Waals surface area contributed by atoms with Crippen molar-refractivity contribution in [3.8, 4) is 0 Å². The Morgan fingerprint density at radius 3 is 2.38 bits per heavy atom. The molecule has 0 amide bonds. The fourth-order valence-corrected chi connectivity index (χ4v) is 2.05. The Bertz CT molecular complexity index is 249. The van der Waals surface area contributed by atoms with Gasteiger partial charge in [-0.2, -0.15) is 13.2 Å². The number of amidine groups is 1. The van der Waals surface area contributed by atoms with Gasteiger partial charge in [0.25, 0.3) is 0 Å². The van der Waals surface area contributed by atoms with E-state index in [1.165, 1.54) is 4.90 Å². The Kier molecular flexibility index (Phi) is 4.40. The first-order valence-electron chi connectivity index (χ1n) is 5.19. The number of nitrogens with two attached hydrogens (primary N) is 1. The normalized spacial score (nSPS) is 19.6. The second-order valence-electron chi connectivity index (χ2n) is 4.05. The molecule has 0 bridgehead atoms. The van der Waals surface area contributed by atoms with E-state index in [0.29, 0.717) is 0 Å². The van der Waals surface area contributed by atoms with Crippen LogP contribution >= 0.6 is 0 Å². The molecule has 0 spiro atoms. The van der Waals surface area contributed by atoms with Gasteiger partial charge in [0.15, 0.2) is 5.84 Å². The molecule has 0 aromatic carbocycles. The summed E-state index contributed by atoms with van der Waals surface area (Å²) in [6.07, 6.45) is -0.883. The summed E-state index contributed by atoms with van der Waals surface area (Å²) < 4.78 is 37.0. The van der Waals surface area contributed by atoms with Crippen LogP contribution in [0.5, 0.6) is 0 Å². The predicted molar refractivity (Wildman–Crippen MR) is 53.3 cm³/mol. The van der Waals surface area contributed by atoms with E-state index in [1.807, 2.05) is 0 Å². The van der Waals surface area contributed by atoms with E-state index in [4.69, 9.17) is 10.9 Å². The number of hydrogen-bond donors (Lipinski definition) is 2. The maximum Gasteiger partial charge on any atom is 0.401 e. The summed E-state index contributed by atoms with van der Waals surface area (Å²) in [5, 5.41) is 11.1. The lowest BCUT2D eigenvalue weighted by Gasteiger charge is -2.28. The molecular formula is C9H16F3N3O. The molecule has 1 fully saturated rings. The molecule has 0 radical (unpaired) electrons. The molecule has 1 aliphatic rings. The second-order valence-corrected chi connectivity index (χ2v) is 4.05. The lowest BCUT2D eigenvalue weighted by atomic mass is 10.2. The molecule has 1 saturated carbocycles. The first kappa shape index (κ1) is 13.1. The van der Waals surface area contributed by atoms with E-state index in [9.17, 15) is 13.2 Å². The maximum absolute atomic E-state index is 12.3. The van der Waals surface area contributed by atoms with Crippen molar-refractivity contribution in [2.75, 3.05) is 13.1 Å². The summed E-state index contributed by atoms with van der Waals surface area (Å²) in [4.78, 5) is 1.24. The minimum Gasteiger partial charge on any atom is -0.409 e. The van der Waals surface area contributed by atoms with Crippen molar-refractivity contribution in [3.05, 3.63) is 0 Å². The Balaban J connectivity index is 2.60. The van der Waals surface area contributed by atoms with Gasteiger partial charge in [-0.15, -0.1) is 0 Å². The van der Waals surface area contributed by atoms with Gasteiger partial charge in [-0.1, -0.05) is 18.0 Å². The third kappa shape index (κ3) is 4.26. The summed E-state index contributed by atoms with van der Waals surface area (Å²) in [6, 6.07) is -0.109. The number of alkyl halides is 3. The Morgan fingerprint density at radius 1 is 1.38 bits per heavy atom. The molecule has 0 aromatic rings. The molecular weight excluding hydrogens is 223 g/mol. The third-order valence-electron chi connectivity index (χ3n) is 2.72. The Hall–Kier alpha value is -0.980. The quantitative estimate of drug-likeness (QED) is 0.338. The van der Waals surface area contributed by atoms with Gasteiger partial charge in [0.1, 0.15) is 0 Å². The average molecular weight is 239 g/mol. The van der Waals surface area contributed by atoms with E-state index in [0.717, 1.165) is 25.7 Å². The van der Waals surface area contributed by atoms with Crippen LogP contribution in [-0.4, -0.2) is 41.3 Å². The standard InChI is InChI=1S/C9H16F3N3O/c10-9(11,12)6-15(5-8(13)14-16)7-3-1-2-4-7/h7,16H,1-6H2,(H2,13,14). The molecule has 16 heavy (non-hydrogen) atoms. The molecule has 0 aliphatic heterocycles. The number of oxime groups is 1. The highest BCUT2D eigenvalue weighted by Crippen LogP contribution is 2.26. The van der Waals surface area contributed by atoms with Gasteiger partial charge >= 0.3 is 6.18 Å². The van der Waals surface area contributed by atoms with E-state index in [1.54, 1.807) is 0 Å². The molecule has 4 nitrogen and oxygen atoms in total. The minimum atomic E-state index is -4.25. The van der Waals surface area contributed by atoms with Crippen LogP contribution in [-0.2, 0) is 0 Å². The van der Waals surface area contributed by atoms with Gasteiger partial charge in [-0.3, -0.25) is 4.90 Å². The van der Waals surface area contributed by atoms with E-state index in [2.05, 4.69) is 5.16 Å². The Labute approximate surface area is 91.9 Å². The van der Waals surface area contributed by atoms with Gasteiger partial charge in [0, 0.05) is 6.04 Å². The van der Waals surface area contributed by atoms with Gasteiger partial charge < -0.3 is 10.9 Å². The topological polar surface area (TPSA) is 61.8 Å². The molecule has 3 N–H and O–H groups in total. The lowest BCUT2D eigenvalue weighted by molar-refractivity contribution is -0.148. The summed E-state index contributed by atoms with van der Waals surface area (Å²) in [5.41, 5.74) is 5.25. The SMILES string of the molecule is NC(CN(CC(F)(F)F)C1CCCC1)=NO. The van der Waals surface area contributed by atoms with E-state index >= 15 is 0 Å². The van der Waals surface area contributed by atoms with Crippen molar-refractivity contribution in [1.29, 1.82) is 0 Å². The summed E-state index contributed by atoms with van der Waals surface area (Å²) in [6.45, 7) is -1.14. The monoisotopic (exact) mass is 239 g/mol. The minimum absolute atomic E-state index is 0.109. The average Bonchev–Trinajstić information content (AvgIpc) is 2.67. The third-order valence-corrected chi connectivity index (χ3v) is 2.72. The van der Waals surface area contributed by atoms with Crippen molar-refractivity contribution in [2.24, 2.45) is 10.9 Å². The molecule has 1 rings (SSSR count). The molecule has 0 heterocycles.